The van der Waals surface area contributed by atoms with Crippen molar-refractivity contribution in [2.75, 3.05) is 13.1 Å². The maximum Gasteiger partial charge on any atom is 0.147 e. The maximum atomic E-state index is 10.9. The van der Waals surface area contributed by atoms with Gasteiger partial charge in [-0.3, -0.25) is 10.1 Å². The smallest absolute Gasteiger partial charge is 0.147 e. The lowest BCUT2D eigenvalue weighted by Crippen LogP contribution is -2.22. The molecule has 0 aromatic rings. The normalized spacial score (nSPS) is 8.18. The molecule has 0 amide bonds. The minimum Gasteiger partial charge on any atom is -0.299 e. The molecule has 2 heteroatoms. The number of hydrogen-bond donors (Lipinski definition) is 1. The fourth-order valence-electron chi connectivity index (χ4n) is 0.574. The van der Waals surface area contributed by atoms with Gasteiger partial charge in [0.15, 0.2) is 0 Å². The van der Waals surface area contributed by atoms with Crippen molar-refractivity contribution in [2.24, 2.45) is 0 Å². The van der Waals surface area contributed by atoms with E-state index in [1.165, 1.54) is 0 Å². The minimum atomic E-state index is 0.109. The summed E-state index contributed by atoms with van der Waals surface area (Å²) in [7, 11) is 0. The molecule has 0 aliphatic rings. The van der Waals surface area contributed by atoms with Gasteiger partial charge in [0.05, 0.1) is 13.1 Å². The fourth-order valence-corrected chi connectivity index (χ4v) is 0.574. The van der Waals surface area contributed by atoms with Crippen LogP contribution in [0.5, 0.6) is 0 Å². The second kappa shape index (κ2) is 6.86. The summed E-state index contributed by atoms with van der Waals surface area (Å²) in [5.74, 6) is 4.89. The second-order valence-corrected chi connectivity index (χ2v) is 2.05. The van der Waals surface area contributed by atoms with Crippen LogP contribution in [0.4, 0.5) is 0 Å². The van der Waals surface area contributed by atoms with E-state index in [1.54, 1.807) is 0 Å². The van der Waals surface area contributed by atoms with Crippen LogP contribution in [0.3, 0.4) is 0 Å². The molecule has 0 aliphatic heterocycles. The third-order valence-electron chi connectivity index (χ3n) is 1.10. The van der Waals surface area contributed by atoms with Crippen molar-refractivity contribution < 1.29 is 4.79 Å². The monoisotopic (exact) mass is 149 g/mol. The number of Topliss-reactive ketones (excluding diaryl/α,β-unsaturated/α-hetero) is 1. The van der Waals surface area contributed by atoms with Gasteiger partial charge >= 0.3 is 0 Å². The van der Waals surface area contributed by atoms with Crippen molar-refractivity contribution in [2.45, 2.75) is 12.8 Å². The number of ketones is 1. The largest absolute Gasteiger partial charge is 0.299 e. The van der Waals surface area contributed by atoms with E-state index in [0.717, 1.165) is 0 Å². The van der Waals surface area contributed by atoms with E-state index in [4.69, 9.17) is 12.8 Å². The lowest BCUT2D eigenvalue weighted by Gasteiger charge is -1.96. The Morgan fingerprint density at radius 1 is 1.36 bits per heavy atom. The van der Waals surface area contributed by atoms with Crippen molar-refractivity contribution in [1.82, 2.24) is 5.32 Å². The molecule has 0 bridgehead atoms. The molecule has 2 nitrogen and oxygen atoms in total. The van der Waals surface area contributed by atoms with Crippen LogP contribution in [0.1, 0.15) is 12.8 Å². The summed E-state index contributed by atoms with van der Waals surface area (Å²) < 4.78 is 0. The molecule has 0 atom stereocenters. The van der Waals surface area contributed by atoms with E-state index in [2.05, 4.69) is 17.2 Å². The number of terminal acetylenes is 2. The molecule has 0 fully saturated rings. The Balaban J connectivity index is 3.26. The van der Waals surface area contributed by atoms with Crippen LogP contribution in [-0.2, 0) is 4.79 Å². The minimum absolute atomic E-state index is 0.109. The molecule has 0 saturated carbocycles. The maximum absolute atomic E-state index is 10.9. The van der Waals surface area contributed by atoms with Crippen LogP contribution < -0.4 is 5.32 Å². The van der Waals surface area contributed by atoms with Gasteiger partial charge in [-0.1, -0.05) is 5.92 Å². The Hall–Kier alpha value is -1.25. The Morgan fingerprint density at radius 3 is 2.64 bits per heavy atom. The van der Waals surface area contributed by atoms with Gasteiger partial charge in [-0.15, -0.1) is 18.8 Å². The number of hydrogen-bond acceptors (Lipinski definition) is 2. The lowest BCUT2D eigenvalue weighted by atomic mass is 10.2. The third-order valence-corrected chi connectivity index (χ3v) is 1.10. The summed E-state index contributed by atoms with van der Waals surface area (Å²) in [4.78, 5) is 10.9. The molecular weight excluding hydrogens is 138 g/mol. The molecule has 0 rings (SSSR count). The molecule has 11 heavy (non-hydrogen) atoms. The highest BCUT2D eigenvalue weighted by molar-refractivity contribution is 5.80. The molecule has 0 aromatic heterocycles. The summed E-state index contributed by atoms with van der Waals surface area (Å²) >= 11 is 0. The quantitative estimate of drug-likeness (QED) is 0.446. The first-order valence-electron chi connectivity index (χ1n) is 3.40. The van der Waals surface area contributed by atoms with Crippen LogP contribution >= 0.6 is 0 Å². The zero-order valence-electron chi connectivity index (χ0n) is 6.39. The topological polar surface area (TPSA) is 29.1 Å². The van der Waals surface area contributed by atoms with Crippen molar-refractivity contribution in [3.05, 3.63) is 0 Å². The molecular formula is C9H11NO. The van der Waals surface area contributed by atoms with Gasteiger partial charge in [-0.2, -0.15) is 0 Å². The molecule has 0 saturated heterocycles. The molecule has 0 radical (unpaired) electrons. The van der Waals surface area contributed by atoms with Crippen molar-refractivity contribution in [1.29, 1.82) is 0 Å². The molecule has 1 N–H and O–H groups in total. The Labute approximate surface area is 67.4 Å². The van der Waals surface area contributed by atoms with Gasteiger partial charge in [-0.05, 0) is 0 Å². The predicted molar refractivity (Wildman–Crippen MR) is 44.8 cm³/mol. The molecule has 0 unspecified atom stereocenters. The van der Waals surface area contributed by atoms with E-state index in [1.807, 2.05) is 0 Å². The number of rotatable bonds is 5. The highest BCUT2D eigenvalue weighted by Gasteiger charge is 1.97. The van der Waals surface area contributed by atoms with Crippen molar-refractivity contribution in [3.8, 4) is 24.7 Å². The Kier molecular flexibility index (Phi) is 6.08. The SMILES string of the molecule is C#CCCC(=O)CNCC#C. The first-order chi connectivity index (χ1) is 5.31. The Morgan fingerprint density at radius 2 is 2.09 bits per heavy atom. The van der Waals surface area contributed by atoms with Gasteiger partial charge in [0, 0.05) is 12.8 Å². The van der Waals surface area contributed by atoms with E-state index in [-0.39, 0.29) is 5.78 Å². The molecule has 0 aliphatic carbocycles. The molecule has 0 heterocycles. The number of carbonyl (C=O) groups excluding carboxylic acids is 1. The lowest BCUT2D eigenvalue weighted by molar-refractivity contribution is -0.118. The van der Waals surface area contributed by atoms with E-state index in [9.17, 15) is 4.79 Å². The van der Waals surface area contributed by atoms with Gasteiger partial charge in [-0.25, -0.2) is 0 Å². The van der Waals surface area contributed by atoms with Crippen LogP contribution in [0, 0.1) is 24.7 Å². The van der Waals surface area contributed by atoms with Gasteiger partial charge in [0.2, 0.25) is 0 Å². The van der Waals surface area contributed by atoms with Crippen LogP contribution in [0.25, 0.3) is 0 Å². The highest BCUT2D eigenvalue weighted by atomic mass is 16.1. The van der Waals surface area contributed by atoms with E-state index < -0.39 is 0 Å². The van der Waals surface area contributed by atoms with Gasteiger partial charge in [0.1, 0.15) is 5.78 Å². The zero-order valence-corrected chi connectivity index (χ0v) is 6.39. The zero-order chi connectivity index (χ0) is 8.53. The van der Waals surface area contributed by atoms with Crippen LogP contribution in [0.2, 0.25) is 0 Å². The summed E-state index contributed by atoms with van der Waals surface area (Å²) in [5, 5.41) is 2.79. The second-order valence-electron chi connectivity index (χ2n) is 2.05. The summed E-state index contributed by atoms with van der Waals surface area (Å²) in [6, 6.07) is 0. The van der Waals surface area contributed by atoms with E-state index >= 15 is 0 Å². The Bertz CT molecular complexity index is 195. The first kappa shape index (κ1) is 9.75. The van der Waals surface area contributed by atoms with Crippen molar-refractivity contribution in [3.63, 3.8) is 0 Å². The fraction of sp³-hybridized carbons (Fsp3) is 0.444. The standard InChI is InChI=1S/C9H11NO/c1-3-5-6-9(11)8-10-7-4-2/h1-2,10H,5-8H2. The van der Waals surface area contributed by atoms with E-state index in [0.29, 0.717) is 25.9 Å². The molecule has 58 valence electrons. The third kappa shape index (κ3) is 6.64. The van der Waals surface area contributed by atoms with Gasteiger partial charge < -0.3 is 0 Å². The average Bonchev–Trinajstić information content (AvgIpc) is 2.01. The van der Waals surface area contributed by atoms with Crippen molar-refractivity contribution >= 4 is 5.78 Å². The number of nitrogens with one attached hydrogen (secondary N) is 1. The summed E-state index contributed by atoms with van der Waals surface area (Å²) in [6.07, 6.45) is 10.9. The summed E-state index contributed by atoms with van der Waals surface area (Å²) in [6.45, 7) is 0.758. The van der Waals surface area contributed by atoms with Crippen LogP contribution in [-0.4, -0.2) is 18.9 Å². The molecule has 0 aromatic carbocycles. The first-order valence-corrected chi connectivity index (χ1v) is 3.40. The predicted octanol–water partition coefficient (Wildman–Crippen LogP) is 0.192. The summed E-state index contributed by atoms with van der Waals surface area (Å²) in [5.41, 5.74) is 0. The average molecular weight is 149 g/mol. The van der Waals surface area contributed by atoms with Crippen LogP contribution in [0.15, 0.2) is 0 Å². The molecule has 0 spiro atoms. The van der Waals surface area contributed by atoms with Gasteiger partial charge in [0.25, 0.3) is 0 Å². The number of carbonyl (C=O) groups is 1. The highest BCUT2D eigenvalue weighted by Crippen LogP contribution is 1.86.